The molecule has 0 spiro atoms. The van der Waals surface area contributed by atoms with Crippen LogP contribution in [0, 0.1) is 0 Å². The van der Waals surface area contributed by atoms with Gasteiger partial charge in [-0.1, -0.05) is 12.1 Å². The van der Waals surface area contributed by atoms with Gasteiger partial charge in [-0.05, 0) is 37.8 Å². The first-order chi connectivity index (χ1) is 9.40. The maximum atomic E-state index is 5.89. The van der Waals surface area contributed by atoms with Crippen molar-refractivity contribution in [2.24, 2.45) is 0 Å². The van der Waals surface area contributed by atoms with Gasteiger partial charge in [0.15, 0.2) is 5.58 Å². The van der Waals surface area contributed by atoms with E-state index in [0.717, 1.165) is 36.2 Å². The molecule has 1 aromatic carbocycles. The Morgan fingerprint density at radius 2 is 2.16 bits per heavy atom. The normalized spacial score (nSPS) is 23.4. The molecule has 1 aliphatic carbocycles. The van der Waals surface area contributed by atoms with Gasteiger partial charge in [-0.2, -0.15) is 4.98 Å². The molecule has 2 aromatic rings. The van der Waals surface area contributed by atoms with Crippen molar-refractivity contribution in [2.75, 3.05) is 18.0 Å². The molecule has 4 nitrogen and oxygen atoms in total. The van der Waals surface area contributed by atoms with E-state index >= 15 is 0 Å². The summed E-state index contributed by atoms with van der Waals surface area (Å²) in [6.45, 7) is 2.12. The minimum Gasteiger partial charge on any atom is -0.423 e. The van der Waals surface area contributed by atoms with Crippen LogP contribution >= 0.6 is 0 Å². The standard InChI is InChI=1S/C15H19N3O/c1-2-6-14-13(5-1)17-15(19-14)18-9-3-4-12(18)10-16-11-7-8-11/h1-2,5-6,11-12,16H,3-4,7-10H2. The van der Waals surface area contributed by atoms with Crippen LogP contribution in [0.3, 0.4) is 0 Å². The maximum Gasteiger partial charge on any atom is 0.298 e. The Labute approximate surface area is 112 Å². The Hall–Kier alpha value is -1.55. The largest absolute Gasteiger partial charge is 0.423 e. The Morgan fingerprint density at radius 3 is 3.00 bits per heavy atom. The third-order valence-electron chi connectivity index (χ3n) is 4.12. The van der Waals surface area contributed by atoms with Crippen LogP contribution in [0.15, 0.2) is 28.7 Å². The number of benzene rings is 1. The highest BCUT2D eigenvalue weighted by molar-refractivity contribution is 5.74. The molecule has 4 heteroatoms. The minimum atomic E-state index is 0.536. The molecule has 100 valence electrons. The predicted molar refractivity (Wildman–Crippen MR) is 75.4 cm³/mol. The molecule has 1 atom stereocenters. The second-order valence-corrected chi connectivity index (χ2v) is 5.64. The second kappa shape index (κ2) is 4.53. The average Bonchev–Trinajstić information content (AvgIpc) is 3.00. The third-order valence-corrected chi connectivity index (χ3v) is 4.12. The van der Waals surface area contributed by atoms with Crippen LogP contribution in [-0.4, -0.2) is 30.2 Å². The summed E-state index contributed by atoms with van der Waals surface area (Å²) in [7, 11) is 0. The van der Waals surface area contributed by atoms with Crippen LogP contribution in [0.1, 0.15) is 25.7 Å². The lowest BCUT2D eigenvalue weighted by molar-refractivity contribution is 0.520. The first-order valence-electron chi connectivity index (χ1n) is 7.26. The van der Waals surface area contributed by atoms with Crippen molar-refractivity contribution in [3.8, 4) is 0 Å². The molecule has 2 heterocycles. The molecular formula is C15H19N3O. The molecule has 1 aliphatic heterocycles. The fourth-order valence-electron chi connectivity index (χ4n) is 2.87. The van der Waals surface area contributed by atoms with Crippen molar-refractivity contribution in [2.45, 2.75) is 37.8 Å². The van der Waals surface area contributed by atoms with E-state index in [2.05, 4.69) is 15.2 Å². The number of nitrogens with one attached hydrogen (secondary N) is 1. The molecule has 1 aromatic heterocycles. The van der Waals surface area contributed by atoms with Gasteiger partial charge in [-0.25, -0.2) is 0 Å². The molecule has 0 radical (unpaired) electrons. The van der Waals surface area contributed by atoms with E-state index in [4.69, 9.17) is 4.42 Å². The maximum absolute atomic E-state index is 5.89. The molecule has 0 bridgehead atoms. The van der Waals surface area contributed by atoms with Crippen molar-refractivity contribution in [1.82, 2.24) is 10.3 Å². The Balaban J connectivity index is 1.55. The summed E-state index contributed by atoms with van der Waals surface area (Å²) in [5.74, 6) is 0. The molecule has 4 rings (SSSR count). The molecule has 1 unspecified atom stereocenters. The zero-order valence-corrected chi connectivity index (χ0v) is 11.0. The third kappa shape index (κ3) is 2.21. The molecule has 0 amide bonds. The molecule has 2 fully saturated rings. The summed E-state index contributed by atoms with van der Waals surface area (Å²) in [6.07, 6.45) is 5.15. The van der Waals surface area contributed by atoms with Crippen molar-refractivity contribution in [3.05, 3.63) is 24.3 Å². The van der Waals surface area contributed by atoms with E-state index in [1.807, 2.05) is 24.3 Å². The fraction of sp³-hybridized carbons (Fsp3) is 0.533. The van der Waals surface area contributed by atoms with Gasteiger partial charge in [-0.3, -0.25) is 0 Å². The van der Waals surface area contributed by atoms with Crippen LogP contribution in [0.4, 0.5) is 6.01 Å². The molecule has 1 saturated carbocycles. The zero-order valence-electron chi connectivity index (χ0n) is 11.0. The second-order valence-electron chi connectivity index (χ2n) is 5.64. The van der Waals surface area contributed by atoms with E-state index in [0.29, 0.717) is 6.04 Å². The predicted octanol–water partition coefficient (Wildman–Crippen LogP) is 2.55. The van der Waals surface area contributed by atoms with Gasteiger partial charge < -0.3 is 14.6 Å². The van der Waals surface area contributed by atoms with Crippen LogP contribution in [0.2, 0.25) is 0 Å². The first-order valence-corrected chi connectivity index (χ1v) is 7.26. The topological polar surface area (TPSA) is 41.3 Å². The van der Waals surface area contributed by atoms with E-state index in [-0.39, 0.29) is 0 Å². The van der Waals surface area contributed by atoms with Crippen molar-refractivity contribution in [3.63, 3.8) is 0 Å². The van der Waals surface area contributed by atoms with Gasteiger partial charge in [0.05, 0.1) is 0 Å². The number of nitrogens with zero attached hydrogens (tertiary/aromatic N) is 2. The number of hydrogen-bond acceptors (Lipinski definition) is 4. The summed E-state index contributed by atoms with van der Waals surface area (Å²) in [4.78, 5) is 6.95. The highest BCUT2D eigenvalue weighted by atomic mass is 16.4. The molecule has 1 saturated heterocycles. The molecular weight excluding hydrogens is 238 g/mol. The zero-order chi connectivity index (χ0) is 12.7. The van der Waals surface area contributed by atoms with Gasteiger partial charge in [0, 0.05) is 25.2 Å². The summed E-state index contributed by atoms with van der Waals surface area (Å²) >= 11 is 0. The Kier molecular flexibility index (Phi) is 2.69. The van der Waals surface area contributed by atoms with Gasteiger partial charge in [0.25, 0.3) is 6.01 Å². The Morgan fingerprint density at radius 1 is 1.26 bits per heavy atom. The number of rotatable bonds is 4. The smallest absolute Gasteiger partial charge is 0.298 e. The highest BCUT2D eigenvalue weighted by Gasteiger charge is 2.30. The number of aromatic nitrogens is 1. The summed E-state index contributed by atoms with van der Waals surface area (Å²) in [5, 5.41) is 3.62. The lowest BCUT2D eigenvalue weighted by atomic mass is 10.2. The molecule has 19 heavy (non-hydrogen) atoms. The van der Waals surface area contributed by atoms with Gasteiger partial charge in [-0.15, -0.1) is 0 Å². The van der Waals surface area contributed by atoms with Gasteiger partial charge in [0.2, 0.25) is 0 Å². The molecule has 2 aliphatic rings. The van der Waals surface area contributed by atoms with Crippen molar-refractivity contribution < 1.29 is 4.42 Å². The monoisotopic (exact) mass is 257 g/mol. The summed E-state index contributed by atoms with van der Waals surface area (Å²) in [5.41, 5.74) is 1.84. The Bertz CT molecular complexity index is 543. The van der Waals surface area contributed by atoms with Crippen LogP contribution in [0.5, 0.6) is 0 Å². The van der Waals surface area contributed by atoms with Gasteiger partial charge >= 0.3 is 0 Å². The minimum absolute atomic E-state index is 0.536. The number of anilines is 1. The number of oxazole rings is 1. The number of hydrogen-bond donors (Lipinski definition) is 1. The van der Waals surface area contributed by atoms with Gasteiger partial charge in [0.1, 0.15) is 5.52 Å². The lowest BCUT2D eigenvalue weighted by Gasteiger charge is -2.23. The fourth-order valence-corrected chi connectivity index (χ4v) is 2.87. The first kappa shape index (κ1) is 11.3. The van der Waals surface area contributed by atoms with E-state index < -0.39 is 0 Å². The van der Waals surface area contributed by atoms with E-state index in [9.17, 15) is 0 Å². The van der Waals surface area contributed by atoms with Crippen molar-refractivity contribution >= 4 is 17.1 Å². The quantitative estimate of drug-likeness (QED) is 0.914. The van der Waals surface area contributed by atoms with Crippen molar-refractivity contribution in [1.29, 1.82) is 0 Å². The number of fused-ring (bicyclic) bond motifs is 1. The van der Waals surface area contributed by atoms with Crippen LogP contribution < -0.4 is 10.2 Å². The summed E-state index contributed by atoms with van der Waals surface area (Å²) < 4.78 is 5.89. The number of para-hydroxylation sites is 2. The molecule has 1 N–H and O–H groups in total. The highest BCUT2D eigenvalue weighted by Crippen LogP contribution is 2.28. The summed E-state index contributed by atoms with van der Waals surface area (Å²) in [6, 6.07) is 10.1. The lowest BCUT2D eigenvalue weighted by Crippen LogP contribution is -2.38. The average molecular weight is 257 g/mol. The van der Waals surface area contributed by atoms with Crippen LogP contribution in [-0.2, 0) is 0 Å². The van der Waals surface area contributed by atoms with Crippen LogP contribution in [0.25, 0.3) is 11.1 Å². The van der Waals surface area contributed by atoms with E-state index in [1.165, 1.54) is 25.7 Å². The SMILES string of the molecule is c1ccc2oc(N3CCCC3CNC3CC3)nc2c1. The van der Waals surface area contributed by atoms with E-state index in [1.54, 1.807) is 0 Å².